The first-order valence-electron chi connectivity index (χ1n) is 5.68. The Balaban J connectivity index is 2.80. The highest BCUT2D eigenvalue weighted by Gasteiger charge is 2.18. The Morgan fingerprint density at radius 2 is 1.89 bits per heavy atom. The number of amides is 1. The second kappa shape index (κ2) is 5.99. The number of rotatable bonds is 5. The van der Waals surface area contributed by atoms with Crippen molar-refractivity contribution in [2.24, 2.45) is 0 Å². The van der Waals surface area contributed by atoms with Crippen LogP contribution in [0.2, 0.25) is 0 Å². The van der Waals surface area contributed by atoms with Gasteiger partial charge in [0.05, 0.1) is 17.0 Å². The number of nitrogens with one attached hydrogen (secondary N) is 1. The Kier molecular flexibility index (Phi) is 4.85. The third kappa shape index (κ3) is 4.84. The average Bonchev–Trinajstić information content (AvgIpc) is 2.37. The van der Waals surface area contributed by atoms with Gasteiger partial charge in [-0.25, -0.2) is 8.42 Å². The van der Waals surface area contributed by atoms with Crippen molar-refractivity contribution >= 4 is 15.7 Å². The molecule has 0 heterocycles. The molecule has 0 saturated heterocycles. The minimum Gasteiger partial charge on any atom is -0.394 e. The highest BCUT2D eigenvalue weighted by Crippen LogP contribution is 2.11. The molecule has 0 aliphatic heterocycles. The van der Waals surface area contributed by atoms with E-state index in [4.69, 9.17) is 5.11 Å². The van der Waals surface area contributed by atoms with Crippen LogP contribution in [0.1, 0.15) is 13.8 Å². The molecule has 19 heavy (non-hydrogen) atoms. The zero-order chi connectivity index (χ0) is 14.5. The average molecular weight is 283 g/mol. The van der Waals surface area contributed by atoms with Crippen molar-refractivity contribution in [1.82, 2.24) is 5.32 Å². The lowest BCUT2D eigenvalue weighted by Gasteiger charge is -2.22. The van der Waals surface area contributed by atoms with Crippen LogP contribution >= 0.6 is 0 Å². The van der Waals surface area contributed by atoms with Crippen LogP contribution in [0, 0.1) is 0 Å². The van der Waals surface area contributed by atoms with Crippen molar-refractivity contribution in [3.63, 3.8) is 0 Å². The van der Waals surface area contributed by atoms with Crippen LogP contribution in [0.25, 0.3) is 0 Å². The molecule has 0 unspecified atom stereocenters. The second-order valence-electron chi connectivity index (χ2n) is 4.69. The van der Waals surface area contributed by atoms with E-state index in [1.54, 1.807) is 32.0 Å². The lowest BCUT2D eigenvalue weighted by Crippen LogP contribution is -2.45. The molecule has 0 aliphatic carbocycles. The molecule has 0 fully saturated rings. The number of benzene rings is 1. The molecule has 104 valence electrons. The van der Waals surface area contributed by atoms with Crippen molar-refractivity contribution in [2.45, 2.75) is 24.3 Å². The summed E-state index contributed by atoms with van der Waals surface area (Å²) in [6.45, 7) is 3.02. The molecule has 0 radical (unpaired) electrons. The molecule has 1 aromatic rings. The lowest BCUT2D eigenvalue weighted by atomic mass is 10.1. The van der Waals surface area contributed by atoms with Crippen LogP contribution in [0.4, 0.5) is 0 Å². The monoisotopic (exact) mass is 283 g/mol. The van der Waals surface area contributed by atoms with Crippen molar-refractivity contribution in [2.75, 3.05) is 6.61 Å². The van der Waals surface area contributed by atoms with E-state index in [0.29, 0.717) is 0 Å². The quantitative estimate of drug-likeness (QED) is 0.785. The Labute approximate surface area is 112 Å². The molecule has 1 rings (SSSR count). The maximum absolute atomic E-state index is 11.9. The Bertz CT molecular complexity index is 562. The van der Waals surface area contributed by atoms with Crippen LogP contribution in [0.5, 0.6) is 0 Å². The third-order valence-electron chi connectivity index (χ3n) is 2.33. The first-order chi connectivity index (χ1) is 8.77. The maximum Gasteiger partial charge on any atom is 0.245 e. The molecule has 0 spiro atoms. The molecule has 0 aromatic heterocycles. The normalized spacial score (nSPS) is 12.6. The maximum atomic E-state index is 11.9. The van der Waals surface area contributed by atoms with E-state index in [9.17, 15) is 13.2 Å². The fourth-order valence-electron chi connectivity index (χ4n) is 1.25. The van der Waals surface area contributed by atoms with E-state index in [2.05, 4.69) is 5.32 Å². The fourth-order valence-corrected chi connectivity index (χ4v) is 2.25. The number of aliphatic hydroxyl groups is 1. The van der Waals surface area contributed by atoms with Gasteiger partial charge in [-0.2, -0.15) is 0 Å². The minimum atomic E-state index is -3.62. The van der Waals surface area contributed by atoms with Crippen molar-refractivity contribution in [3.05, 3.63) is 41.8 Å². The van der Waals surface area contributed by atoms with Gasteiger partial charge in [-0.05, 0) is 26.0 Å². The van der Waals surface area contributed by atoms with Gasteiger partial charge in [-0.3, -0.25) is 4.79 Å². The van der Waals surface area contributed by atoms with Gasteiger partial charge in [0, 0.05) is 11.5 Å². The van der Waals surface area contributed by atoms with Gasteiger partial charge >= 0.3 is 0 Å². The minimum absolute atomic E-state index is 0.125. The molecule has 0 bridgehead atoms. The number of carbonyl (C=O) groups is 1. The van der Waals surface area contributed by atoms with E-state index in [-0.39, 0.29) is 11.5 Å². The Hall–Kier alpha value is -1.66. The van der Waals surface area contributed by atoms with Gasteiger partial charge in [0.1, 0.15) is 0 Å². The summed E-state index contributed by atoms with van der Waals surface area (Å²) in [5.74, 6) is -0.571. The van der Waals surface area contributed by atoms with Gasteiger partial charge in [0.2, 0.25) is 5.91 Å². The number of carbonyl (C=O) groups excluding carboxylic acids is 1. The van der Waals surface area contributed by atoms with E-state index < -0.39 is 21.3 Å². The summed E-state index contributed by atoms with van der Waals surface area (Å²) in [5, 5.41) is 12.3. The molecule has 0 aliphatic rings. The summed E-state index contributed by atoms with van der Waals surface area (Å²) in [7, 11) is -3.62. The summed E-state index contributed by atoms with van der Waals surface area (Å²) in [6.07, 6.45) is 0.944. The van der Waals surface area contributed by atoms with Gasteiger partial charge in [0.15, 0.2) is 9.84 Å². The number of aliphatic hydroxyl groups excluding tert-OH is 1. The summed E-state index contributed by atoms with van der Waals surface area (Å²) in [5.41, 5.74) is -0.794. The predicted molar refractivity (Wildman–Crippen MR) is 72.1 cm³/mol. The van der Waals surface area contributed by atoms with Gasteiger partial charge < -0.3 is 10.4 Å². The lowest BCUT2D eigenvalue weighted by molar-refractivity contribution is -0.118. The summed E-state index contributed by atoms with van der Waals surface area (Å²) in [6, 6.07) is 7.83. The first kappa shape index (κ1) is 15.4. The Morgan fingerprint density at radius 1 is 1.32 bits per heavy atom. The number of sulfone groups is 1. The van der Waals surface area contributed by atoms with Crippen molar-refractivity contribution < 1.29 is 18.3 Å². The molecule has 1 amide bonds. The fraction of sp³-hybridized carbons (Fsp3) is 0.308. The smallest absolute Gasteiger partial charge is 0.245 e. The highest BCUT2D eigenvalue weighted by atomic mass is 32.2. The molecule has 6 heteroatoms. The summed E-state index contributed by atoms with van der Waals surface area (Å²) >= 11 is 0. The van der Waals surface area contributed by atoms with Crippen molar-refractivity contribution in [3.8, 4) is 0 Å². The molecular formula is C13H17NO4S. The number of hydrogen-bond acceptors (Lipinski definition) is 4. The largest absolute Gasteiger partial charge is 0.394 e. The number of hydrogen-bond donors (Lipinski definition) is 2. The van der Waals surface area contributed by atoms with Crippen molar-refractivity contribution in [1.29, 1.82) is 0 Å². The van der Waals surface area contributed by atoms with Crippen LogP contribution in [-0.2, 0) is 14.6 Å². The van der Waals surface area contributed by atoms with Crippen LogP contribution in [0.3, 0.4) is 0 Å². The van der Waals surface area contributed by atoms with Gasteiger partial charge in [-0.1, -0.05) is 18.2 Å². The second-order valence-corrected chi connectivity index (χ2v) is 6.53. The zero-order valence-corrected chi connectivity index (χ0v) is 11.6. The highest BCUT2D eigenvalue weighted by molar-refractivity contribution is 7.94. The molecule has 0 saturated carbocycles. The van der Waals surface area contributed by atoms with Crippen LogP contribution in [0.15, 0.2) is 46.7 Å². The standard InChI is InChI=1S/C13H17NO4S/c1-13(2,10-15)14-12(16)8-9-19(17,18)11-6-4-3-5-7-11/h3-9,15H,10H2,1-2H3,(H,14,16)/b9-8+. The van der Waals surface area contributed by atoms with Gasteiger partial charge in [0.25, 0.3) is 0 Å². The van der Waals surface area contributed by atoms with Crippen LogP contribution in [-0.4, -0.2) is 31.6 Å². The molecular weight excluding hydrogens is 266 g/mol. The predicted octanol–water partition coefficient (Wildman–Crippen LogP) is 0.861. The van der Waals surface area contributed by atoms with E-state index in [1.165, 1.54) is 12.1 Å². The summed E-state index contributed by atoms with van der Waals surface area (Å²) < 4.78 is 23.7. The Morgan fingerprint density at radius 3 is 2.42 bits per heavy atom. The SMILES string of the molecule is CC(C)(CO)NC(=O)/C=C/S(=O)(=O)c1ccccc1. The first-order valence-corrected chi connectivity index (χ1v) is 7.23. The van der Waals surface area contributed by atoms with Gasteiger partial charge in [-0.15, -0.1) is 0 Å². The molecule has 5 nitrogen and oxygen atoms in total. The zero-order valence-electron chi connectivity index (χ0n) is 10.8. The van der Waals surface area contributed by atoms with Crippen LogP contribution < -0.4 is 5.32 Å². The molecule has 0 atom stereocenters. The molecule has 2 N–H and O–H groups in total. The topological polar surface area (TPSA) is 83.5 Å². The van der Waals surface area contributed by atoms with E-state index in [1.807, 2.05) is 0 Å². The summed E-state index contributed by atoms with van der Waals surface area (Å²) in [4.78, 5) is 11.6. The van der Waals surface area contributed by atoms with E-state index in [0.717, 1.165) is 11.5 Å². The third-order valence-corrected chi connectivity index (χ3v) is 3.75. The molecule has 1 aromatic carbocycles. The van der Waals surface area contributed by atoms with E-state index >= 15 is 0 Å².